The molecule has 2 rings (SSSR count). The van der Waals surface area contributed by atoms with E-state index in [4.69, 9.17) is 0 Å². The van der Waals surface area contributed by atoms with Gasteiger partial charge in [0.2, 0.25) is 0 Å². The molecular formula is C17H31N3. The van der Waals surface area contributed by atoms with Crippen molar-refractivity contribution in [3.05, 3.63) is 18.0 Å². The van der Waals surface area contributed by atoms with Crippen LogP contribution in [0.15, 0.2) is 12.4 Å². The van der Waals surface area contributed by atoms with Crippen LogP contribution in [0.2, 0.25) is 0 Å². The summed E-state index contributed by atoms with van der Waals surface area (Å²) in [6, 6.07) is 1.03. The van der Waals surface area contributed by atoms with Crippen molar-refractivity contribution in [3.8, 4) is 0 Å². The van der Waals surface area contributed by atoms with E-state index >= 15 is 0 Å². The van der Waals surface area contributed by atoms with Crippen LogP contribution >= 0.6 is 0 Å². The minimum absolute atomic E-state index is 0.392. The highest BCUT2D eigenvalue weighted by atomic mass is 15.3. The summed E-state index contributed by atoms with van der Waals surface area (Å²) in [5.41, 5.74) is 1.70. The molecule has 0 amide bonds. The third-order valence-corrected chi connectivity index (χ3v) is 4.82. The van der Waals surface area contributed by atoms with Gasteiger partial charge in [0, 0.05) is 30.4 Å². The van der Waals surface area contributed by atoms with Crippen LogP contribution in [0.1, 0.15) is 71.9 Å². The molecule has 114 valence electrons. The highest BCUT2D eigenvalue weighted by Crippen LogP contribution is 2.38. The fourth-order valence-electron chi connectivity index (χ4n) is 3.56. The molecule has 1 N–H and O–H groups in total. The molecule has 1 aliphatic carbocycles. The van der Waals surface area contributed by atoms with Gasteiger partial charge in [0.05, 0.1) is 6.20 Å². The summed E-state index contributed by atoms with van der Waals surface area (Å²) in [4.78, 5) is 0. The van der Waals surface area contributed by atoms with Gasteiger partial charge in [-0.05, 0) is 38.0 Å². The molecule has 0 radical (unpaired) electrons. The quantitative estimate of drug-likeness (QED) is 0.895. The summed E-state index contributed by atoms with van der Waals surface area (Å²) in [5, 5.41) is 8.27. The van der Waals surface area contributed by atoms with E-state index in [9.17, 15) is 0 Å². The SMILES string of the molecule is CCn1cc(C(C)NC2CCCCC2C(C)(C)C)cn1. The van der Waals surface area contributed by atoms with E-state index in [0.29, 0.717) is 17.5 Å². The predicted molar refractivity (Wildman–Crippen MR) is 84.7 cm³/mol. The van der Waals surface area contributed by atoms with Gasteiger partial charge in [-0.3, -0.25) is 4.68 Å². The molecule has 3 unspecified atom stereocenters. The zero-order valence-electron chi connectivity index (χ0n) is 13.8. The second-order valence-corrected chi connectivity index (χ2v) is 7.38. The number of aromatic nitrogens is 2. The second-order valence-electron chi connectivity index (χ2n) is 7.38. The van der Waals surface area contributed by atoms with Gasteiger partial charge >= 0.3 is 0 Å². The molecule has 0 aliphatic heterocycles. The third kappa shape index (κ3) is 3.63. The monoisotopic (exact) mass is 277 g/mol. The van der Waals surface area contributed by atoms with E-state index < -0.39 is 0 Å². The Labute approximate surface area is 124 Å². The van der Waals surface area contributed by atoms with Crippen LogP contribution in [0, 0.1) is 11.3 Å². The van der Waals surface area contributed by atoms with Crippen molar-refractivity contribution in [1.82, 2.24) is 15.1 Å². The molecule has 0 saturated heterocycles. The number of nitrogens with one attached hydrogen (secondary N) is 1. The molecule has 1 heterocycles. The van der Waals surface area contributed by atoms with Gasteiger partial charge in [-0.2, -0.15) is 5.10 Å². The zero-order valence-corrected chi connectivity index (χ0v) is 13.8. The minimum atomic E-state index is 0.392. The molecule has 20 heavy (non-hydrogen) atoms. The summed E-state index contributed by atoms with van der Waals surface area (Å²) < 4.78 is 2.01. The number of nitrogens with zero attached hydrogens (tertiary/aromatic N) is 2. The fourth-order valence-corrected chi connectivity index (χ4v) is 3.56. The van der Waals surface area contributed by atoms with Crippen LogP contribution in [0.4, 0.5) is 0 Å². The lowest BCUT2D eigenvalue weighted by Crippen LogP contribution is -2.45. The number of rotatable bonds is 4. The summed E-state index contributed by atoms with van der Waals surface area (Å²) >= 11 is 0. The van der Waals surface area contributed by atoms with Crippen molar-refractivity contribution in [3.63, 3.8) is 0 Å². The number of hydrogen-bond donors (Lipinski definition) is 1. The van der Waals surface area contributed by atoms with Crippen LogP contribution in [0.5, 0.6) is 0 Å². The first kappa shape index (κ1) is 15.6. The normalized spacial score (nSPS) is 25.6. The minimum Gasteiger partial charge on any atom is -0.307 e. The maximum absolute atomic E-state index is 4.39. The van der Waals surface area contributed by atoms with Gasteiger partial charge < -0.3 is 5.32 Å². The van der Waals surface area contributed by atoms with Crippen molar-refractivity contribution in [1.29, 1.82) is 0 Å². The average molecular weight is 277 g/mol. The summed E-state index contributed by atoms with van der Waals surface area (Å²) in [6.07, 6.45) is 9.62. The average Bonchev–Trinajstić information content (AvgIpc) is 2.87. The van der Waals surface area contributed by atoms with Crippen molar-refractivity contribution in [2.45, 2.75) is 78.9 Å². The molecular weight excluding hydrogens is 246 g/mol. The highest BCUT2D eigenvalue weighted by molar-refractivity contribution is 5.10. The van der Waals surface area contributed by atoms with E-state index in [1.165, 1.54) is 31.2 Å². The number of hydrogen-bond acceptors (Lipinski definition) is 2. The Kier molecular flexibility index (Phi) is 4.90. The Morgan fingerprint density at radius 1 is 1.35 bits per heavy atom. The molecule has 1 aromatic rings. The van der Waals surface area contributed by atoms with Crippen molar-refractivity contribution >= 4 is 0 Å². The Hall–Kier alpha value is -0.830. The maximum Gasteiger partial charge on any atom is 0.0537 e. The molecule has 1 aromatic heterocycles. The molecule has 1 saturated carbocycles. The largest absolute Gasteiger partial charge is 0.307 e. The molecule has 1 fully saturated rings. The highest BCUT2D eigenvalue weighted by Gasteiger charge is 2.34. The first-order valence-corrected chi connectivity index (χ1v) is 8.20. The lowest BCUT2D eigenvalue weighted by molar-refractivity contribution is 0.124. The van der Waals surface area contributed by atoms with Gasteiger partial charge in [0.15, 0.2) is 0 Å². The van der Waals surface area contributed by atoms with Crippen LogP contribution in [0.25, 0.3) is 0 Å². The fraction of sp³-hybridized carbons (Fsp3) is 0.824. The Bertz CT molecular complexity index is 416. The third-order valence-electron chi connectivity index (χ3n) is 4.82. The van der Waals surface area contributed by atoms with Crippen LogP contribution in [0.3, 0.4) is 0 Å². The van der Waals surface area contributed by atoms with E-state index in [0.717, 1.165) is 12.5 Å². The Balaban J connectivity index is 2.02. The Morgan fingerprint density at radius 2 is 2.05 bits per heavy atom. The first-order valence-electron chi connectivity index (χ1n) is 8.20. The van der Waals surface area contributed by atoms with Crippen LogP contribution in [-0.2, 0) is 6.54 Å². The smallest absolute Gasteiger partial charge is 0.0537 e. The lowest BCUT2D eigenvalue weighted by Gasteiger charge is -2.42. The van der Waals surface area contributed by atoms with Gasteiger partial charge in [-0.15, -0.1) is 0 Å². The summed E-state index contributed by atoms with van der Waals surface area (Å²) in [6.45, 7) is 12.5. The van der Waals surface area contributed by atoms with Gasteiger partial charge in [-0.25, -0.2) is 0 Å². The van der Waals surface area contributed by atoms with Gasteiger partial charge in [0.25, 0.3) is 0 Å². The second kappa shape index (κ2) is 6.30. The van der Waals surface area contributed by atoms with E-state index in [1.807, 2.05) is 10.9 Å². The standard InChI is InChI=1S/C17H31N3/c1-6-20-12-14(11-18-20)13(2)19-16-10-8-7-9-15(16)17(3,4)5/h11-13,15-16,19H,6-10H2,1-5H3. The van der Waals surface area contributed by atoms with E-state index in [2.05, 4.69) is 51.2 Å². The number of aryl methyl sites for hydroxylation is 1. The predicted octanol–water partition coefficient (Wildman–Crippen LogP) is 4.16. The van der Waals surface area contributed by atoms with Crippen molar-refractivity contribution in [2.24, 2.45) is 11.3 Å². The summed E-state index contributed by atoms with van der Waals surface area (Å²) in [7, 11) is 0. The van der Waals surface area contributed by atoms with E-state index in [-0.39, 0.29) is 0 Å². The molecule has 3 heteroatoms. The van der Waals surface area contributed by atoms with Crippen molar-refractivity contribution in [2.75, 3.05) is 0 Å². The van der Waals surface area contributed by atoms with Crippen LogP contribution < -0.4 is 5.32 Å². The Morgan fingerprint density at radius 3 is 2.65 bits per heavy atom. The molecule has 0 bridgehead atoms. The lowest BCUT2D eigenvalue weighted by atomic mass is 9.69. The maximum atomic E-state index is 4.39. The molecule has 1 aliphatic rings. The first-order chi connectivity index (χ1) is 9.41. The van der Waals surface area contributed by atoms with Gasteiger partial charge in [0.1, 0.15) is 0 Å². The van der Waals surface area contributed by atoms with E-state index in [1.54, 1.807) is 0 Å². The van der Waals surface area contributed by atoms with Crippen molar-refractivity contribution < 1.29 is 0 Å². The summed E-state index contributed by atoms with van der Waals surface area (Å²) in [5.74, 6) is 0.778. The van der Waals surface area contributed by atoms with Gasteiger partial charge in [-0.1, -0.05) is 33.6 Å². The molecule has 0 spiro atoms. The zero-order chi connectivity index (χ0) is 14.8. The molecule has 0 aromatic carbocycles. The molecule has 3 atom stereocenters. The topological polar surface area (TPSA) is 29.9 Å². The van der Waals surface area contributed by atoms with Crippen LogP contribution in [-0.4, -0.2) is 15.8 Å². The molecule has 3 nitrogen and oxygen atoms in total.